The third-order valence-electron chi connectivity index (χ3n) is 4.76. The quantitative estimate of drug-likeness (QED) is 0.246. The fourth-order valence-electron chi connectivity index (χ4n) is 3.07. The Morgan fingerprint density at radius 3 is 2.12 bits per heavy atom. The van der Waals surface area contributed by atoms with Crippen LogP contribution in [-0.2, 0) is 19.5 Å². The summed E-state index contributed by atoms with van der Waals surface area (Å²) in [5.74, 6) is -2.09. The molecule has 0 saturated carbocycles. The Labute approximate surface area is 191 Å². The van der Waals surface area contributed by atoms with Gasteiger partial charge in [-0.1, -0.05) is 22.3 Å². The van der Waals surface area contributed by atoms with Crippen LogP contribution in [0.3, 0.4) is 0 Å². The third-order valence-corrected chi connectivity index (χ3v) is 4.76. The topological polar surface area (TPSA) is 116 Å². The summed E-state index contributed by atoms with van der Waals surface area (Å²) >= 11 is 0. The monoisotopic (exact) mass is 451 g/mol. The number of carboxylic acid groups (broad SMARTS) is 1. The molecule has 1 heterocycles. The van der Waals surface area contributed by atoms with Crippen LogP contribution in [0, 0.1) is 0 Å². The molecule has 0 aromatic heterocycles. The first-order chi connectivity index (χ1) is 16.0. The molecule has 1 aliphatic heterocycles. The van der Waals surface area contributed by atoms with Crippen LogP contribution in [0.15, 0.2) is 69.4 Å². The normalized spacial score (nSPS) is 14.9. The number of amides is 1. The van der Waals surface area contributed by atoms with Crippen molar-refractivity contribution in [3.8, 4) is 0 Å². The van der Waals surface area contributed by atoms with Gasteiger partial charge in [-0.05, 0) is 68.8 Å². The highest BCUT2D eigenvalue weighted by Crippen LogP contribution is 2.24. The van der Waals surface area contributed by atoms with Crippen LogP contribution in [0.5, 0.6) is 0 Å². The van der Waals surface area contributed by atoms with Gasteiger partial charge >= 0.3 is 11.9 Å². The maximum Gasteiger partial charge on any atom is 0.357 e. The Hall–Kier alpha value is -3.89. The lowest BCUT2D eigenvalue weighted by atomic mass is 10.1. The average molecular weight is 451 g/mol. The molecular formula is C23H25N5O5. The van der Waals surface area contributed by atoms with Gasteiger partial charge in [0.1, 0.15) is 0 Å². The Morgan fingerprint density at radius 2 is 1.61 bits per heavy atom. The van der Waals surface area contributed by atoms with Crippen molar-refractivity contribution in [1.82, 2.24) is 5.17 Å². The molecule has 172 valence electrons. The van der Waals surface area contributed by atoms with Crippen molar-refractivity contribution in [1.29, 1.82) is 0 Å². The minimum Gasteiger partial charge on any atom is -0.476 e. The van der Waals surface area contributed by atoms with Crippen molar-refractivity contribution in [3.05, 3.63) is 59.7 Å². The standard InChI is InChI=1S/C23H25N5O5/c1-4-27(5-2)19-13-11-18(12-14-19)25-24-17-9-7-16(8-10-17)15-20-21(23(30)31)26-28(22(20)29)33-32-6-3/h7-15H,4-6H2,1-3H3,(H,30,31)/b20-15-,25-24?. The number of carboxylic acids is 1. The number of hydrogen-bond acceptors (Lipinski definition) is 8. The van der Waals surface area contributed by atoms with Crippen LogP contribution in [-0.4, -0.2) is 47.6 Å². The Balaban J connectivity index is 1.72. The van der Waals surface area contributed by atoms with Crippen molar-refractivity contribution >= 4 is 40.7 Å². The highest BCUT2D eigenvalue weighted by atomic mass is 17.3. The highest BCUT2D eigenvalue weighted by molar-refractivity contribution is 6.51. The number of hydrogen-bond donors (Lipinski definition) is 1. The molecule has 3 rings (SSSR count). The van der Waals surface area contributed by atoms with Gasteiger partial charge in [-0.25, -0.2) is 9.68 Å². The molecule has 0 unspecified atom stereocenters. The number of carbonyl (C=O) groups is 2. The van der Waals surface area contributed by atoms with E-state index >= 15 is 0 Å². The maximum atomic E-state index is 12.4. The van der Waals surface area contributed by atoms with Gasteiger partial charge in [0.15, 0.2) is 5.71 Å². The Bertz CT molecular complexity index is 1070. The van der Waals surface area contributed by atoms with Gasteiger partial charge in [0, 0.05) is 18.8 Å². The second-order valence-corrected chi connectivity index (χ2v) is 6.85. The first kappa shape index (κ1) is 23.8. The van der Waals surface area contributed by atoms with E-state index in [1.165, 1.54) is 6.08 Å². The number of carbonyl (C=O) groups excluding carboxylic acids is 1. The predicted octanol–water partition coefficient (Wildman–Crippen LogP) is 4.50. The van der Waals surface area contributed by atoms with E-state index in [-0.39, 0.29) is 12.2 Å². The lowest BCUT2D eigenvalue weighted by Gasteiger charge is -2.20. The lowest BCUT2D eigenvalue weighted by molar-refractivity contribution is -0.406. The van der Waals surface area contributed by atoms with Crippen molar-refractivity contribution in [2.75, 3.05) is 24.6 Å². The van der Waals surface area contributed by atoms with Gasteiger partial charge in [0.05, 0.1) is 23.6 Å². The van der Waals surface area contributed by atoms with Gasteiger partial charge in [-0.3, -0.25) is 4.79 Å². The summed E-state index contributed by atoms with van der Waals surface area (Å²) in [5.41, 5.74) is 2.50. The predicted molar refractivity (Wildman–Crippen MR) is 123 cm³/mol. The van der Waals surface area contributed by atoms with Crippen LogP contribution in [0.4, 0.5) is 17.1 Å². The van der Waals surface area contributed by atoms with Crippen LogP contribution in [0.1, 0.15) is 26.3 Å². The van der Waals surface area contributed by atoms with E-state index in [0.29, 0.717) is 16.4 Å². The summed E-state index contributed by atoms with van der Waals surface area (Å²) in [6.07, 6.45) is 1.41. The zero-order chi connectivity index (χ0) is 23.8. The fourth-order valence-corrected chi connectivity index (χ4v) is 3.07. The van der Waals surface area contributed by atoms with E-state index in [9.17, 15) is 14.7 Å². The van der Waals surface area contributed by atoms with Crippen LogP contribution in [0.25, 0.3) is 6.08 Å². The van der Waals surface area contributed by atoms with Crippen LogP contribution >= 0.6 is 0 Å². The number of aliphatic carboxylic acids is 1. The first-order valence-corrected chi connectivity index (χ1v) is 10.5. The van der Waals surface area contributed by atoms with Gasteiger partial charge in [0.25, 0.3) is 0 Å². The second kappa shape index (κ2) is 11.1. The number of hydroxylamine groups is 1. The Kier molecular flexibility index (Phi) is 8.01. The van der Waals surface area contributed by atoms with Crippen molar-refractivity contribution < 1.29 is 24.6 Å². The molecular weight excluding hydrogens is 426 g/mol. The van der Waals surface area contributed by atoms with Gasteiger partial charge in [-0.2, -0.15) is 10.2 Å². The summed E-state index contributed by atoms with van der Waals surface area (Å²) in [5, 5.41) is 22.0. The molecule has 0 atom stereocenters. The van der Waals surface area contributed by atoms with E-state index in [1.807, 2.05) is 24.3 Å². The van der Waals surface area contributed by atoms with E-state index in [0.717, 1.165) is 24.5 Å². The third kappa shape index (κ3) is 5.88. The van der Waals surface area contributed by atoms with Gasteiger partial charge < -0.3 is 10.0 Å². The van der Waals surface area contributed by atoms with Crippen molar-refractivity contribution in [2.45, 2.75) is 20.8 Å². The summed E-state index contributed by atoms with van der Waals surface area (Å²) in [4.78, 5) is 35.5. The van der Waals surface area contributed by atoms with E-state index in [4.69, 9.17) is 4.99 Å². The van der Waals surface area contributed by atoms with Crippen LogP contribution < -0.4 is 4.90 Å². The number of benzene rings is 2. The molecule has 33 heavy (non-hydrogen) atoms. The number of hydrazone groups is 1. The molecule has 0 spiro atoms. The summed E-state index contributed by atoms with van der Waals surface area (Å²) < 4.78 is 0. The number of anilines is 1. The van der Waals surface area contributed by atoms with Crippen LogP contribution in [0.2, 0.25) is 0 Å². The first-order valence-electron chi connectivity index (χ1n) is 10.5. The summed E-state index contributed by atoms with van der Waals surface area (Å²) in [7, 11) is 0. The molecule has 1 N–H and O–H groups in total. The number of nitrogens with zero attached hydrogens (tertiary/aromatic N) is 5. The Morgan fingerprint density at radius 1 is 1.03 bits per heavy atom. The van der Waals surface area contributed by atoms with Gasteiger partial charge in [0.2, 0.25) is 0 Å². The van der Waals surface area contributed by atoms with E-state index in [1.54, 1.807) is 31.2 Å². The zero-order valence-corrected chi connectivity index (χ0v) is 18.6. The van der Waals surface area contributed by atoms with Crippen molar-refractivity contribution in [3.63, 3.8) is 0 Å². The molecule has 2 aromatic rings. The smallest absolute Gasteiger partial charge is 0.357 e. The van der Waals surface area contributed by atoms with E-state index < -0.39 is 17.6 Å². The SMILES string of the molecule is CCOON1N=C(C(=O)O)/C(=C/c2ccc(N=Nc3ccc(N(CC)CC)cc3)cc2)C1=O. The lowest BCUT2D eigenvalue weighted by Crippen LogP contribution is -2.23. The maximum absolute atomic E-state index is 12.4. The number of rotatable bonds is 10. The number of azo groups is 1. The average Bonchev–Trinajstić information content (AvgIpc) is 3.14. The second-order valence-electron chi connectivity index (χ2n) is 6.85. The molecule has 10 heteroatoms. The molecule has 10 nitrogen and oxygen atoms in total. The zero-order valence-electron chi connectivity index (χ0n) is 18.6. The van der Waals surface area contributed by atoms with E-state index in [2.05, 4.69) is 39.0 Å². The minimum atomic E-state index is -1.35. The minimum absolute atomic E-state index is 0.120. The highest BCUT2D eigenvalue weighted by Gasteiger charge is 2.36. The molecule has 0 bridgehead atoms. The molecule has 1 aliphatic rings. The van der Waals surface area contributed by atoms with Crippen molar-refractivity contribution in [2.24, 2.45) is 15.3 Å². The largest absolute Gasteiger partial charge is 0.476 e. The molecule has 0 fully saturated rings. The molecule has 1 amide bonds. The molecule has 0 saturated heterocycles. The summed E-state index contributed by atoms with van der Waals surface area (Å²) in [6.45, 7) is 7.90. The summed E-state index contributed by atoms with van der Waals surface area (Å²) in [6, 6.07) is 14.7. The fraction of sp³-hybridized carbons (Fsp3) is 0.261. The molecule has 0 radical (unpaired) electrons. The molecule has 2 aromatic carbocycles. The molecule has 0 aliphatic carbocycles. The van der Waals surface area contributed by atoms with Gasteiger partial charge in [-0.15, -0.1) is 5.10 Å².